The third-order valence-corrected chi connectivity index (χ3v) is 4.07. The lowest BCUT2D eigenvalue weighted by Crippen LogP contribution is -2.35. The van der Waals surface area contributed by atoms with Crippen molar-refractivity contribution in [1.82, 2.24) is 0 Å². The van der Waals surface area contributed by atoms with Gasteiger partial charge in [0.15, 0.2) is 0 Å². The second-order valence-electron chi connectivity index (χ2n) is 6.13. The van der Waals surface area contributed by atoms with Crippen molar-refractivity contribution in [3.05, 3.63) is 59.2 Å². The average Bonchev–Trinajstić information content (AvgIpc) is 2.73. The first-order valence-corrected chi connectivity index (χ1v) is 7.73. The minimum absolute atomic E-state index is 0.161. The van der Waals surface area contributed by atoms with Gasteiger partial charge in [-0.2, -0.15) is 0 Å². The number of carbonyl (C=O) groups excluding carboxylic acids is 2. The van der Waals surface area contributed by atoms with Crippen LogP contribution in [0.2, 0.25) is 0 Å². The first-order chi connectivity index (χ1) is 11.0. The van der Waals surface area contributed by atoms with Gasteiger partial charge >= 0.3 is 0 Å². The number of anilines is 2. The van der Waals surface area contributed by atoms with E-state index in [4.69, 9.17) is 0 Å². The summed E-state index contributed by atoms with van der Waals surface area (Å²) in [7, 11) is 0. The molecule has 2 amide bonds. The van der Waals surface area contributed by atoms with Crippen LogP contribution in [0.3, 0.4) is 0 Å². The molecule has 4 nitrogen and oxygen atoms in total. The van der Waals surface area contributed by atoms with Gasteiger partial charge < -0.3 is 5.32 Å². The van der Waals surface area contributed by atoms with E-state index in [0.29, 0.717) is 5.69 Å². The molecule has 1 heterocycles. The van der Waals surface area contributed by atoms with Crippen molar-refractivity contribution < 1.29 is 9.59 Å². The van der Waals surface area contributed by atoms with Crippen LogP contribution in [-0.2, 0) is 9.59 Å². The molecule has 1 aliphatic heterocycles. The Balaban J connectivity index is 1.85. The molecule has 1 saturated heterocycles. The second kappa shape index (κ2) is 5.88. The van der Waals surface area contributed by atoms with Gasteiger partial charge in [-0.15, -0.1) is 0 Å². The van der Waals surface area contributed by atoms with Crippen LogP contribution in [0.25, 0.3) is 0 Å². The molecule has 1 atom stereocenters. The third-order valence-electron chi connectivity index (χ3n) is 4.07. The lowest BCUT2D eigenvalue weighted by molar-refractivity contribution is -0.121. The molecular weight excluding hydrogens is 288 g/mol. The highest BCUT2D eigenvalue weighted by Gasteiger charge is 2.40. The fourth-order valence-electron chi connectivity index (χ4n) is 3.07. The first-order valence-electron chi connectivity index (χ1n) is 7.73. The van der Waals surface area contributed by atoms with Gasteiger partial charge in [0.05, 0.1) is 12.1 Å². The second-order valence-corrected chi connectivity index (χ2v) is 6.13. The number of hydrogen-bond donors (Lipinski definition) is 1. The number of imide groups is 1. The van der Waals surface area contributed by atoms with E-state index in [9.17, 15) is 9.59 Å². The van der Waals surface area contributed by atoms with Crippen LogP contribution in [0, 0.1) is 20.8 Å². The highest BCUT2D eigenvalue weighted by Crippen LogP contribution is 2.27. The van der Waals surface area contributed by atoms with Crippen LogP contribution in [0.15, 0.2) is 42.5 Å². The van der Waals surface area contributed by atoms with Gasteiger partial charge in [-0.05, 0) is 55.7 Å². The van der Waals surface area contributed by atoms with Gasteiger partial charge in [-0.1, -0.05) is 24.3 Å². The summed E-state index contributed by atoms with van der Waals surface area (Å²) >= 11 is 0. The maximum atomic E-state index is 12.7. The van der Waals surface area contributed by atoms with E-state index in [1.807, 2.05) is 57.2 Å². The quantitative estimate of drug-likeness (QED) is 0.885. The third kappa shape index (κ3) is 2.97. The molecule has 0 bridgehead atoms. The topological polar surface area (TPSA) is 49.4 Å². The van der Waals surface area contributed by atoms with Crippen LogP contribution in [0.1, 0.15) is 23.1 Å². The Bertz CT molecular complexity index is 762. The van der Waals surface area contributed by atoms with Crippen LogP contribution in [0.5, 0.6) is 0 Å². The molecule has 4 heteroatoms. The van der Waals surface area contributed by atoms with Crippen molar-refractivity contribution in [3.63, 3.8) is 0 Å². The molecule has 0 spiro atoms. The van der Waals surface area contributed by atoms with E-state index in [2.05, 4.69) is 11.4 Å². The van der Waals surface area contributed by atoms with E-state index >= 15 is 0 Å². The molecule has 2 aromatic rings. The fraction of sp³-hybridized carbons (Fsp3) is 0.263. The SMILES string of the molecule is Cc1cc(C)cc(N[C@@H]2CC(=O)N(c3ccccc3C)C2=O)c1. The van der Waals surface area contributed by atoms with Gasteiger partial charge in [0.1, 0.15) is 6.04 Å². The minimum Gasteiger partial charge on any atom is -0.373 e. The molecule has 118 valence electrons. The summed E-state index contributed by atoms with van der Waals surface area (Å²) in [6, 6.07) is 13.0. The predicted octanol–water partition coefficient (Wildman–Crippen LogP) is 3.36. The molecule has 3 rings (SSSR count). The van der Waals surface area contributed by atoms with Crippen LogP contribution in [0.4, 0.5) is 11.4 Å². The first kappa shape index (κ1) is 15.3. The smallest absolute Gasteiger partial charge is 0.256 e. The monoisotopic (exact) mass is 308 g/mol. The number of carbonyl (C=O) groups is 2. The van der Waals surface area contributed by atoms with Crippen LogP contribution < -0.4 is 10.2 Å². The van der Waals surface area contributed by atoms with E-state index in [1.165, 1.54) is 4.90 Å². The lowest BCUT2D eigenvalue weighted by Gasteiger charge is -2.18. The van der Waals surface area contributed by atoms with Crippen LogP contribution >= 0.6 is 0 Å². The Hall–Kier alpha value is -2.62. The summed E-state index contributed by atoms with van der Waals surface area (Å²) in [5, 5.41) is 3.21. The molecule has 0 aliphatic carbocycles. The molecule has 1 fully saturated rings. The van der Waals surface area contributed by atoms with Crippen molar-refractivity contribution in [2.75, 3.05) is 10.2 Å². The van der Waals surface area contributed by atoms with Crippen molar-refractivity contribution in [1.29, 1.82) is 0 Å². The number of nitrogens with one attached hydrogen (secondary N) is 1. The Kier molecular flexibility index (Phi) is 3.90. The van der Waals surface area contributed by atoms with Crippen molar-refractivity contribution in [2.45, 2.75) is 33.2 Å². The largest absolute Gasteiger partial charge is 0.373 e. The van der Waals surface area contributed by atoms with E-state index in [1.54, 1.807) is 0 Å². The highest BCUT2D eigenvalue weighted by molar-refractivity contribution is 6.23. The van der Waals surface area contributed by atoms with Crippen molar-refractivity contribution in [2.24, 2.45) is 0 Å². The maximum absolute atomic E-state index is 12.7. The zero-order chi connectivity index (χ0) is 16.6. The Morgan fingerprint density at radius 1 is 1.00 bits per heavy atom. The molecule has 0 radical (unpaired) electrons. The van der Waals surface area contributed by atoms with Gasteiger partial charge in [-0.25, -0.2) is 4.90 Å². The molecular formula is C19H20N2O2. The maximum Gasteiger partial charge on any atom is 0.256 e. The van der Waals surface area contributed by atoms with Gasteiger partial charge in [0.25, 0.3) is 5.91 Å². The van der Waals surface area contributed by atoms with Gasteiger partial charge in [0.2, 0.25) is 5.91 Å². The number of aryl methyl sites for hydroxylation is 3. The summed E-state index contributed by atoms with van der Waals surface area (Å²) in [6.07, 6.45) is 0.181. The molecule has 1 N–H and O–H groups in total. The number of benzene rings is 2. The normalized spacial score (nSPS) is 17.7. The zero-order valence-corrected chi connectivity index (χ0v) is 13.6. The summed E-state index contributed by atoms with van der Waals surface area (Å²) < 4.78 is 0. The van der Waals surface area contributed by atoms with E-state index < -0.39 is 6.04 Å². The average molecular weight is 308 g/mol. The summed E-state index contributed by atoms with van der Waals surface area (Å²) in [4.78, 5) is 26.3. The Morgan fingerprint density at radius 3 is 2.30 bits per heavy atom. The summed E-state index contributed by atoms with van der Waals surface area (Å²) in [5.74, 6) is -0.352. The van der Waals surface area contributed by atoms with Crippen LogP contribution in [-0.4, -0.2) is 17.9 Å². The summed E-state index contributed by atoms with van der Waals surface area (Å²) in [6.45, 7) is 5.93. The number of rotatable bonds is 3. The standard InChI is InChI=1S/C19H20N2O2/c1-12-8-13(2)10-15(9-12)20-16-11-18(22)21(19(16)23)17-7-5-4-6-14(17)3/h4-10,16,20H,11H2,1-3H3/t16-/m1/s1. The van der Waals surface area contributed by atoms with E-state index in [-0.39, 0.29) is 18.2 Å². The molecule has 23 heavy (non-hydrogen) atoms. The number of nitrogens with zero attached hydrogens (tertiary/aromatic N) is 1. The lowest BCUT2D eigenvalue weighted by atomic mass is 10.1. The molecule has 0 unspecified atom stereocenters. The van der Waals surface area contributed by atoms with E-state index in [0.717, 1.165) is 22.4 Å². The molecule has 2 aromatic carbocycles. The van der Waals surface area contributed by atoms with Crippen molar-refractivity contribution >= 4 is 23.2 Å². The number of para-hydroxylation sites is 1. The Labute approximate surface area is 136 Å². The van der Waals surface area contributed by atoms with Gasteiger partial charge in [-0.3, -0.25) is 9.59 Å². The highest BCUT2D eigenvalue weighted by atomic mass is 16.2. The predicted molar refractivity (Wildman–Crippen MR) is 91.6 cm³/mol. The molecule has 0 saturated carbocycles. The Morgan fingerprint density at radius 2 is 1.65 bits per heavy atom. The fourth-order valence-corrected chi connectivity index (χ4v) is 3.07. The van der Waals surface area contributed by atoms with Crippen molar-refractivity contribution in [3.8, 4) is 0 Å². The minimum atomic E-state index is -0.511. The number of hydrogen-bond acceptors (Lipinski definition) is 3. The molecule has 0 aromatic heterocycles. The number of amides is 2. The summed E-state index contributed by atoms with van der Waals surface area (Å²) in [5.41, 5.74) is 4.72. The molecule has 1 aliphatic rings. The van der Waals surface area contributed by atoms with Gasteiger partial charge in [0, 0.05) is 5.69 Å². The zero-order valence-electron chi connectivity index (χ0n) is 13.6.